The van der Waals surface area contributed by atoms with Crippen molar-refractivity contribution < 1.29 is 27.8 Å². The Balaban J connectivity index is 1.18. The number of rotatable bonds is 5. The fourth-order valence-corrected chi connectivity index (χ4v) is 8.20. The lowest BCUT2D eigenvalue weighted by Crippen LogP contribution is -2.50. The van der Waals surface area contributed by atoms with E-state index in [1.54, 1.807) is 6.92 Å². The van der Waals surface area contributed by atoms with Gasteiger partial charge in [-0.15, -0.1) is 11.8 Å². The molecule has 11 heteroatoms. The summed E-state index contributed by atoms with van der Waals surface area (Å²) < 4.78 is 47.0. The highest BCUT2D eigenvalue weighted by atomic mass is 32.2. The van der Waals surface area contributed by atoms with Crippen molar-refractivity contribution in [2.45, 2.75) is 119 Å². The van der Waals surface area contributed by atoms with Crippen molar-refractivity contribution in [2.24, 2.45) is 5.41 Å². The van der Waals surface area contributed by atoms with E-state index in [9.17, 15) is 23.1 Å². The second-order valence-corrected chi connectivity index (χ2v) is 15.4. The molecule has 2 heterocycles. The summed E-state index contributed by atoms with van der Waals surface area (Å²) in [6, 6.07) is 6.06. The molecule has 43 heavy (non-hydrogen) atoms. The van der Waals surface area contributed by atoms with Gasteiger partial charge >= 0.3 is 12.3 Å². The van der Waals surface area contributed by atoms with Crippen LogP contribution in [0.25, 0.3) is 0 Å². The first-order valence-corrected chi connectivity index (χ1v) is 16.1. The van der Waals surface area contributed by atoms with Crippen molar-refractivity contribution >= 4 is 29.5 Å². The minimum Gasteiger partial charge on any atom is -0.444 e. The molecule has 5 rings (SSSR count). The van der Waals surface area contributed by atoms with E-state index in [1.165, 1.54) is 0 Å². The van der Waals surface area contributed by atoms with Gasteiger partial charge in [-0.05, 0) is 115 Å². The van der Waals surface area contributed by atoms with E-state index in [0.29, 0.717) is 36.3 Å². The number of piperidine rings is 1. The van der Waals surface area contributed by atoms with Crippen LogP contribution < -0.4 is 5.32 Å². The molecular formula is C32H43F3N4O3S. The van der Waals surface area contributed by atoms with Crippen LogP contribution in [-0.2, 0) is 10.9 Å². The Hall–Kier alpha value is -2.53. The molecule has 2 aromatic rings. The molecule has 2 aliphatic carbocycles. The summed E-state index contributed by atoms with van der Waals surface area (Å²) >= 11 is 1.86. The number of aliphatic hydroxyl groups is 1. The summed E-state index contributed by atoms with van der Waals surface area (Å²) in [6.45, 7) is 10.8. The molecule has 1 aliphatic heterocycles. The van der Waals surface area contributed by atoms with Gasteiger partial charge in [0, 0.05) is 41.0 Å². The number of ether oxygens (including phenoxy) is 1. The van der Waals surface area contributed by atoms with Gasteiger partial charge in [0.2, 0.25) is 5.95 Å². The SMILES string of the molecule is Cc1cc(SC2CC3(CCN(C(=O)OC(C)(C)C)CC3)C2)ccc1Nc1ncc(C(F)(F)F)c([C@H]2CC[C@@](C)(O)CC2)n1. The topological polar surface area (TPSA) is 87.6 Å². The Morgan fingerprint density at radius 2 is 1.77 bits per heavy atom. The number of amides is 1. The summed E-state index contributed by atoms with van der Waals surface area (Å²) in [6.07, 6.45) is 2.12. The van der Waals surface area contributed by atoms with Crippen LogP contribution in [0.1, 0.15) is 102 Å². The van der Waals surface area contributed by atoms with E-state index in [2.05, 4.69) is 21.4 Å². The van der Waals surface area contributed by atoms with Crippen LogP contribution in [0, 0.1) is 12.3 Å². The van der Waals surface area contributed by atoms with Gasteiger partial charge in [-0.3, -0.25) is 0 Å². The van der Waals surface area contributed by atoms with Gasteiger partial charge in [-0.25, -0.2) is 14.8 Å². The van der Waals surface area contributed by atoms with Gasteiger partial charge in [-0.2, -0.15) is 13.2 Å². The number of hydrogen-bond acceptors (Lipinski definition) is 7. The van der Waals surface area contributed by atoms with E-state index >= 15 is 0 Å². The maximum atomic E-state index is 13.8. The zero-order chi connectivity index (χ0) is 31.2. The van der Waals surface area contributed by atoms with Gasteiger partial charge in [0.15, 0.2) is 0 Å². The van der Waals surface area contributed by atoms with Crippen LogP contribution in [-0.4, -0.2) is 55.6 Å². The van der Waals surface area contributed by atoms with Gasteiger partial charge in [-0.1, -0.05) is 0 Å². The number of carbonyl (C=O) groups excluding carboxylic acids is 1. The summed E-state index contributed by atoms with van der Waals surface area (Å²) in [5.41, 5.74) is -0.120. The molecule has 1 amide bonds. The molecule has 0 radical (unpaired) electrons. The zero-order valence-electron chi connectivity index (χ0n) is 25.7. The zero-order valence-corrected chi connectivity index (χ0v) is 26.5. The first kappa shape index (κ1) is 31.9. The average molecular weight is 621 g/mol. The standard InChI is InChI=1S/C32H43F3N4O3S/c1-20-16-22(43-23-17-31(18-23)12-14-39(15-13-31)28(40)42-29(2,3)4)6-7-25(20)37-27-36-19-24(32(33,34)35)26(38-27)21-8-10-30(5,41)11-9-21/h6-7,16,19,21,23,41H,8-15,17-18H2,1-5H3,(H,36,37,38)/t21-,30+. The lowest BCUT2D eigenvalue weighted by atomic mass is 9.63. The molecule has 3 aliphatic rings. The number of anilines is 2. The lowest BCUT2D eigenvalue weighted by molar-refractivity contribution is -0.139. The van der Waals surface area contributed by atoms with E-state index < -0.39 is 22.9 Å². The minimum atomic E-state index is -4.54. The lowest BCUT2D eigenvalue weighted by Gasteiger charge is -2.52. The highest BCUT2D eigenvalue weighted by Gasteiger charge is 2.47. The second-order valence-electron chi connectivity index (χ2n) is 14.0. The average Bonchev–Trinajstić information content (AvgIpc) is 2.88. The van der Waals surface area contributed by atoms with Crippen molar-refractivity contribution in [2.75, 3.05) is 18.4 Å². The van der Waals surface area contributed by atoms with E-state index in [-0.39, 0.29) is 23.7 Å². The smallest absolute Gasteiger partial charge is 0.419 e. The summed E-state index contributed by atoms with van der Waals surface area (Å²) in [4.78, 5) is 23.8. The van der Waals surface area contributed by atoms with E-state index in [1.807, 2.05) is 56.5 Å². The van der Waals surface area contributed by atoms with Crippen LogP contribution in [0.2, 0.25) is 0 Å². The molecule has 2 N–H and O–H groups in total. The van der Waals surface area contributed by atoms with Crippen LogP contribution in [0.5, 0.6) is 0 Å². The third-order valence-electron chi connectivity index (χ3n) is 9.12. The van der Waals surface area contributed by atoms with Crippen LogP contribution in [0.4, 0.5) is 29.6 Å². The Labute approximate surface area is 256 Å². The van der Waals surface area contributed by atoms with Crippen molar-refractivity contribution in [3.63, 3.8) is 0 Å². The molecule has 2 saturated carbocycles. The molecule has 1 spiro atoms. The quantitative estimate of drug-likeness (QED) is 0.348. The highest BCUT2D eigenvalue weighted by molar-refractivity contribution is 8.00. The summed E-state index contributed by atoms with van der Waals surface area (Å²) in [5, 5.41) is 13.9. The molecular weight excluding hydrogens is 577 g/mol. The monoisotopic (exact) mass is 620 g/mol. The van der Waals surface area contributed by atoms with E-state index in [4.69, 9.17) is 4.74 Å². The third kappa shape index (κ3) is 7.77. The number of likely N-dealkylation sites (tertiary alicyclic amines) is 1. The van der Waals surface area contributed by atoms with Crippen LogP contribution in [0.3, 0.4) is 0 Å². The second kappa shape index (κ2) is 11.8. The summed E-state index contributed by atoms with van der Waals surface area (Å²) in [5.74, 6) is -0.238. The van der Waals surface area contributed by atoms with E-state index in [0.717, 1.165) is 61.1 Å². The number of thioether (sulfide) groups is 1. The number of aromatic nitrogens is 2. The number of hydrogen-bond donors (Lipinski definition) is 2. The fourth-order valence-electron chi connectivity index (χ4n) is 6.55. The van der Waals surface area contributed by atoms with Crippen LogP contribution in [0.15, 0.2) is 29.3 Å². The Morgan fingerprint density at radius 3 is 2.35 bits per heavy atom. The van der Waals surface area contributed by atoms with Crippen LogP contribution >= 0.6 is 11.8 Å². The molecule has 1 aromatic heterocycles. The maximum absolute atomic E-state index is 13.8. The van der Waals surface area contributed by atoms with Crippen molar-refractivity contribution in [1.82, 2.24) is 14.9 Å². The number of benzene rings is 1. The van der Waals surface area contributed by atoms with Gasteiger partial charge in [0.25, 0.3) is 0 Å². The number of carbonyl (C=O) groups is 1. The molecule has 236 valence electrons. The maximum Gasteiger partial charge on any atom is 0.419 e. The predicted octanol–water partition coefficient (Wildman–Crippen LogP) is 8.23. The Morgan fingerprint density at radius 1 is 1.12 bits per heavy atom. The normalized spacial score (nSPS) is 24.5. The van der Waals surface area contributed by atoms with Crippen molar-refractivity contribution in [3.05, 3.63) is 41.2 Å². The van der Waals surface area contributed by atoms with Gasteiger partial charge < -0.3 is 20.1 Å². The van der Waals surface area contributed by atoms with Crippen molar-refractivity contribution in [1.29, 1.82) is 0 Å². The molecule has 7 nitrogen and oxygen atoms in total. The summed E-state index contributed by atoms with van der Waals surface area (Å²) in [7, 11) is 0. The third-order valence-corrected chi connectivity index (χ3v) is 10.3. The first-order valence-electron chi connectivity index (χ1n) is 15.2. The first-order chi connectivity index (χ1) is 20.0. The van der Waals surface area contributed by atoms with Gasteiger partial charge in [0.1, 0.15) is 5.60 Å². The number of halogens is 3. The molecule has 0 bridgehead atoms. The molecule has 0 unspecified atom stereocenters. The molecule has 3 fully saturated rings. The molecule has 1 aromatic carbocycles. The van der Waals surface area contributed by atoms with Gasteiger partial charge in [0.05, 0.1) is 16.9 Å². The Bertz CT molecular complexity index is 1320. The molecule has 1 saturated heterocycles. The largest absolute Gasteiger partial charge is 0.444 e. The minimum absolute atomic E-state index is 0.00108. The fraction of sp³-hybridized carbons (Fsp3) is 0.656. The highest BCUT2D eigenvalue weighted by Crippen LogP contribution is 2.55. The number of nitrogens with one attached hydrogen (secondary N) is 1. The molecule has 0 atom stereocenters. The predicted molar refractivity (Wildman–Crippen MR) is 162 cm³/mol. The number of nitrogens with zero attached hydrogens (tertiary/aromatic N) is 3. The number of aryl methyl sites for hydroxylation is 1. The number of alkyl halides is 3. The Kier molecular flexibility index (Phi) is 8.72. The van der Waals surface area contributed by atoms with Crippen molar-refractivity contribution in [3.8, 4) is 0 Å².